The lowest BCUT2D eigenvalue weighted by atomic mass is 9.81. The molecule has 4 fully saturated rings. The number of ether oxygens (including phenoxy) is 1. The number of carbonyl (C=O) groups excluding carboxylic acids is 4. The Morgan fingerprint density at radius 3 is 2.40 bits per heavy atom. The van der Waals surface area contributed by atoms with E-state index in [1.165, 1.54) is 0 Å². The Morgan fingerprint density at radius 1 is 1.07 bits per heavy atom. The van der Waals surface area contributed by atoms with Gasteiger partial charge in [0.2, 0.25) is 28.8 Å². The lowest BCUT2D eigenvalue weighted by molar-refractivity contribution is -0.143. The van der Waals surface area contributed by atoms with Crippen molar-refractivity contribution >= 4 is 40.1 Å². The lowest BCUT2D eigenvalue weighted by Gasteiger charge is -2.26. The van der Waals surface area contributed by atoms with Crippen molar-refractivity contribution < 1.29 is 23.9 Å². The van der Waals surface area contributed by atoms with Crippen LogP contribution in [0.25, 0.3) is 0 Å². The fourth-order valence-electron chi connectivity index (χ4n) is 5.36. The minimum atomic E-state index is -0.480. The quantitative estimate of drug-likeness (QED) is 0.644. The fraction of sp³-hybridized carbons (Fsp3) is 0.684. The predicted octanol–water partition coefficient (Wildman–Crippen LogP) is -0.0910. The lowest BCUT2D eigenvalue weighted by Crippen LogP contribution is -2.41. The summed E-state index contributed by atoms with van der Waals surface area (Å²) in [5.41, 5.74) is 0. The van der Waals surface area contributed by atoms with E-state index in [1.54, 1.807) is 4.90 Å². The summed E-state index contributed by atoms with van der Waals surface area (Å²) in [5.74, 6) is -0.832. The van der Waals surface area contributed by atoms with Crippen LogP contribution < -0.4 is 5.32 Å². The number of aromatic nitrogens is 2. The van der Waals surface area contributed by atoms with Crippen molar-refractivity contribution in [3.63, 3.8) is 0 Å². The average molecular weight is 433 g/mol. The van der Waals surface area contributed by atoms with Crippen molar-refractivity contribution in [3.05, 3.63) is 5.01 Å². The molecular weight excluding hydrogens is 410 g/mol. The number of anilines is 1. The molecule has 2 saturated heterocycles. The van der Waals surface area contributed by atoms with Gasteiger partial charge in [0, 0.05) is 13.1 Å². The van der Waals surface area contributed by atoms with Gasteiger partial charge >= 0.3 is 0 Å². The average Bonchev–Trinajstić information content (AvgIpc) is 3.51. The summed E-state index contributed by atoms with van der Waals surface area (Å²) in [4.78, 5) is 53.0. The number of nitrogens with zero attached hydrogens (tertiary/aromatic N) is 4. The highest BCUT2D eigenvalue weighted by atomic mass is 32.1. The normalized spacial score (nSPS) is 30.1. The second kappa shape index (κ2) is 7.69. The zero-order valence-corrected chi connectivity index (χ0v) is 17.2. The fourth-order valence-corrected chi connectivity index (χ4v) is 6.11. The van der Waals surface area contributed by atoms with E-state index in [0.717, 1.165) is 35.5 Å². The maximum Gasteiger partial charge on any atom is 0.246 e. The molecule has 2 saturated carbocycles. The van der Waals surface area contributed by atoms with E-state index < -0.39 is 5.91 Å². The van der Waals surface area contributed by atoms with Gasteiger partial charge in [-0.3, -0.25) is 29.4 Å². The number of hydrogen-bond acceptors (Lipinski definition) is 8. The smallest absolute Gasteiger partial charge is 0.246 e. The number of imide groups is 1. The minimum absolute atomic E-state index is 0.0539. The molecule has 10 nitrogen and oxygen atoms in total. The van der Waals surface area contributed by atoms with Crippen LogP contribution in [0.5, 0.6) is 0 Å². The van der Waals surface area contributed by atoms with Gasteiger partial charge in [0.05, 0.1) is 31.5 Å². The summed E-state index contributed by atoms with van der Waals surface area (Å²) in [6, 6.07) is 0. The van der Waals surface area contributed by atoms with Gasteiger partial charge in [0.25, 0.3) is 0 Å². The summed E-state index contributed by atoms with van der Waals surface area (Å²) in [6.07, 6.45) is 3.08. The molecule has 2 aliphatic carbocycles. The zero-order valence-electron chi connectivity index (χ0n) is 16.4. The molecule has 2 aliphatic heterocycles. The van der Waals surface area contributed by atoms with Crippen molar-refractivity contribution in [1.82, 2.24) is 20.0 Å². The van der Waals surface area contributed by atoms with Crippen LogP contribution in [0.3, 0.4) is 0 Å². The molecule has 1 aromatic rings. The monoisotopic (exact) mass is 433 g/mol. The van der Waals surface area contributed by atoms with Crippen LogP contribution in [0.1, 0.15) is 24.3 Å². The Morgan fingerprint density at radius 2 is 1.73 bits per heavy atom. The van der Waals surface area contributed by atoms with Gasteiger partial charge in [0.15, 0.2) is 0 Å². The van der Waals surface area contributed by atoms with Crippen molar-refractivity contribution in [2.75, 3.05) is 38.2 Å². The maximum atomic E-state index is 12.7. The number of amides is 4. The molecule has 1 N–H and O–H groups in total. The molecule has 160 valence electrons. The second-order valence-corrected chi connectivity index (χ2v) is 9.43. The molecule has 0 aromatic carbocycles. The number of rotatable bonds is 5. The molecule has 4 atom stereocenters. The van der Waals surface area contributed by atoms with E-state index in [9.17, 15) is 19.2 Å². The summed E-state index contributed by atoms with van der Waals surface area (Å²) in [7, 11) is 0. The highest BCUT2D eigenvalue weighted by Crippen LogP contribution is 2.56. The molecule has 4 unspecified atom stereocenters. The molecule has 4 amide bonds. The van der Waals surface area contributed by atoms with Crippen molar-refractivity contribution in [3.8, 4) is 0 Å². The highest BCUT2D eigenvalue weighted by molar-refractivity contribution is 7.15. The number of nitrogens with one attached hydrogen (secondary N) is 1. The van der Waals surface area contributed by atoms with Crippen LogP contribution in [0, 0.1) is 23.7 Å². The number of likely N-dealkylation sites (tertiary alicyclic amines) is 1. The molecule has 4 aliphatic rings. The topological polar surface area (TPSA) is 122 Å². The summed E-state index contributed by atoms with van der Waals surface area (Å²) >= 11 is 1.12. The van der Waals surface area contributed by atoms with E-state index in [2.05, 4.69) is 15.5 Å². The van der Waals surface area contributed by atoms with Gasteiger partial charge in [-0.1, -0.05) is 11.3 Å². The Kier molecular flexibility index (Phi) is 5.02. The molecule has 30 heavy (non-hydrogen) atoms. The number of fused-ring (bicyclic) bond motifs is 5. The third-order valence-electron chi connectivity index (χ3n) is 6.70. The minimum Gasteiger partial charge on any atom is -0.378 e. The van der Waals surface area contributed by atoms with Crippen LogP contribution in [0.2, 0.25) is 0 Å². The van der Waals surface area contributed by atoms with Gasteiger partial charge in [-0.05, 0) is 31.1 Å². The Labute approximate surface area is 176 Å². The van der Waals surface area contributed by atoms with E-state index in [1.807, 2.05) is 0 Å². The molecular formula is C19H23N5O5S. The van der Waals surface area contributed by atoms with Gasteiger partial charge in [-0.2, -0.15) is 0 Å². The van der Waals surface area contributed by atoms with Crippen molar-refractivity contribution in [2.45, 2.75) is 25.7 Å². The van der Waals surface area contributed by atoms with Crippen LogP contribution in [-0.2, 0) is 30.3 Å². The van der Waals surface area contributed by atoms with Crippen LogP contribution >= 0.6 is 11.3 Å². The largest absolute Gasteiger partial charge is 0.378 e. The number of morpholine rings is 1. The Hall–Kier alpha value is -2.40. The summed E-state index contributed by atoms with van der Waals surface area (Å²) in [5, 5.41) is 11.2. The van der Waals surface area contributed by atoms with E-state index >= 15 is 0 Å². The SMILES string of the molecule is O=C(CN1C(=O)C2C3CCC(C3)C2C1=O)Nc1nnc(CC(=O)N2CCOCC2)s1. The van der Waals surface area contributed by atoms with Crippen LogP contribution in [-0.4, -0.2) is 76.5 Å². The van der Waals surface area contributed by atoms with Gasteiger partial charge < -0.3 is 9.64 Å². The molecule has 0 radical (unpaired) electrons. The first-order valence-electron chi connectivity index (χ1n) is 10.3. The van der Waals surface area contributed by atoms with Crippen LogP contribution in [0.15, 0.2) is 0 Å². The summed E-state index contributed by atoms with van der Waals surface area (Å²) in [6.45, 7) is 1.87. The van der Waals surface area contributed by atoms with E-state index in [0.29, 0.717) is 43.1 Å². The van der Waals surface area contributed by atoms with E-state index in [4.69, 9.17) is 4.74 Å². The molecule has 0 spiro atoms. The van der Waals surface area contributed by atoms with E-state index in [-0.39, 0.29) is 47.7 Å². The van der Waals surface area contributed by atoms with Crippen LogP contribution in [0.4, 0.5) is 5.13 Å². The first kappa shape index (κ1) is 19.6. The standard InChI is InChI=1S/C19H23N5O5S/c25-12(9-24-17(27)15-10-1-2-11(7-10)16(15)18(24)28)20-19-22-21-13(30-19)8-14(26)23-3-5-29-6-4-23/h10-11,15-16H,1-9H2,(H,20,22,25). The third-order valence-corrected chi connectivity index (χ3v) is 7.54. The molecule has 1 aromatic heterocycles. The maximum absolute atomic E-state index is 12.7. The second-order valence-electron chi connectivity index (χ2n) is 8.37. The van der Waals surface area contributed by atoms with Gasteiger partial charge in [-0.25, -0.2) is 0 Å². The molecule has 5 rings (SSSR count). The Bertz CT molecular complexity index is 870. The predicted molar refractivity (Wildman–Crippen MR) is 104 cm³/mol. The number of hydrogen-bond donors (Lipinski definition) is 1. The van der Waals surface area contributed by atoms with Crippen molar-refractivity contribution in [2.24, 2.45) is 23.7 Å². The molecule has 3 heterocycles. The van der Waals surface area contributed by atoms with Crippen molar-refractivity contribution in [1.29, 1.82) is 0 Å². The third kappa shape index (κ3) is 3.39. The molecule has 11 heteroatoms. The highest BCUT2D eigenvalue weighted by Gasteiger charge is 2.60. The summed E-state index contributed by atoms with van der Waals surface area (Å²) < 4.78 is 5.24. The number of carbonyl (C=O) groups is 4. The van der Waals surface area contributed by atoms with Gasteiger partial charge in [0.1, 0.15) is 11.6 Å². The molecule has 2 bridgehead atoms. The first-order chi connectivity index (χ1) is 14.5. The Balaban J connectivity index is 1.16. The zero-order chi connectivity index (χ0) is 20.8. The first-order valence-corrected chi connectivity index (χ1v) is 11.2. The van der Waals surface area contributed by atoms with Gasteiger partial charge in [-0.15, -0.1) is 10.2 Å².